The van der Waals surface area contributed by atoms with Gasteiger partial charge in [-0.15, -0.1) is 0 Å². The third-order valence-electron chi connectivity index (χ3n) is 9.44. The second-order valence-electron chi connectivity index (χ2n) is 10.6. The standard InChI is InChI=1S/C25H36O/c1-24-14-6-9-22(24)21-11-10-18-17-20(26-19-7-4-3-5-8-19)12-16-25(18,2)23(21)13-15-24/h3-5,7-8,18,20-23H,6,9-17H2,1-2H3/t18?,20?,21-,22+,23+,24+,25+/m1/s1. The van der Waals surface area contributed by atoms with Gasteiger partial charge in [0.25, 0.3) is 0 Å². The largest absolute Gasteiger partial charge is 0.490 e. The Morgan fingerprint density at radius 2 is 1.69 bits per heavy atom. The van der Waals surface area contributed by atoms with Crippen LogP contribution in [0.5, 0.6) is 5.75 Å². The normalized spacial score (nSPS) is 47.5. The minimum absolute atomic E-state index is 0.437. The van der Waals surface area contributed by atoms with Gasteiger partial charge >= 0.3 is 0 Å². The second kappa shape index (κ2) is 6.28. The summed E-state index contributed by atoms with van der Waals surface area (Å²) in [6, 6.07) is 10.5. The molecule has 0 bridgehead atoms. The van der Waals surface area contributed by atoms with Crippen LogP contribution in [0.1, 0.15) is 78.1 Å². The zero-order valence-electron chi connectivity index (χ0n) is 16.8. The summed E-state index contributed by atoms with van der Waals surface area (Å²) >= 11 is 0. The molecule has 4 saturated carbocycles. The summed E-state index contributed by atoms with van der Waals surface area (Å²) in [5, 5.41) is 0. The average molecular weight is 353 g/mol. The molecule has 5 rings (SSSR count). The van der Waals surface area contributed by atoms with Crippen LogP contribution in [0.25, 0.3) is 0 Å². The van der Waals surface area contributed by atoms with E-state index < -0.39 is 0 Å². The molecule has 0 N–H and O–H groups in total. The van der Waals surface area contributed by atoms with E-state index in [2.05, 4.69) is 44.2 Å². The van der Waals surface area contributed by atoms with E-state index in [1.165, 1.54) is 64.2 Å². The van der Waals surface area contributed by atoms with E-state index in [-0.39, 0.29) is 0 Å². The first-order valence-corrected chi connectivity index (χ1v) is 11.3. The highest BCUT2D eigenvalue weighted by molar-refractivity contribution is 5.21. The molecule has 0 amide bonds. The predicted octanol–water partition coefficient (Wildman–Crippen LogP) is 6.87. The minimum Gasteiger partial charge on any atom is -0.490 e. The number of fused-ring (bicyclic) bond motifs is 5. The number of ether oxygens (including phenoxy) is 1. The van der Waals surface area contributed by atoms with E-state index in [9.17, 15) is 0 Å². The summed E-state index contributed by atoms with van der Waals surface area (Å²) in [6.45, 7) is 5.30. The summed E-state index contributed by atoms with van der Waals surface area (Å²) in [7, 11) is 0. The molecule has 26 heavy (non-hydrogen) atoms. The molecule has 1 aromatic carbocycles. The predicted molar refractivity (Wildman–Crippen MR) is 107 cm³/mol. The van der Waals surface area contributed by atoms with Gasteiger partial charge in [-0.05, 0) is 104 Å². The summed E-state index contributed by atoms with van der Waals surface area (Å²) < 4.78 is 6.37. The number of hydrogen-bond donors (Lipinski definition) is 0. The summed E-state index contributed by atoms with van der Waals surface area (Å²) in [5.74, 6) is 5.02. The molecule has 0 saturated heterocycles. The Hall–Kier alpha value is -0.980. The molecule has 142 valence electrons. The van der Waals surface area contributed by atoms with Crippen LogP contribution < -0.4 is 4.74 Å². The van der Waals surface area contributed by atoms with Crippen molar-refractivity contribution in [2.24, 2.45) is 34.5 Å². The Labute approximate surface area is 159 Å². The molecule has 4 fully saturated rings. The Bertz CT molecular complexity index is 639. The van der Waals surface area contributed by atoms with Crippen molar-refractivity contribution in [3.63, 3.8) is 0 Å². The first-order chi connectivity index (χ1) is 12.6. The van der Waals surface area contributed by atoms with Gasteiger partial charge in [0.05, 0.1) is 6.10 Å². The molecule has 2 unspecified atom stereocenters. The topological polar surface area (TPSA) is 9.23 Å². The van der Waals surface area contributed by atoms with E-state index >= 15 is 0 Å². The molecule has 4 aliphatic rings. The molecule has 1 aromatic rings. The highest BCUT2D eigenvalue weighted by Crippen LogP contribution is 2.66. The van der Waals surface area contributed by atoms with E-state index in [0.29, 0.717) is 16.9 Å². The molecular formula is C25H36O. The highest BCUT2D eigenvalue weighted by Gasteiger charge is 2.57. The first-order valence-electron chi connectivity index (χ1n) is 11.3. The fourth-order valence-corrected chi connectivity index (χ4v) is 8.01. The van der Waals surface area contributed by atoms with Crippen LogP contribution in [-0.4, -0.2) is 6.10 Å². The smallest absolute Gasteiger partial charge is 0.119 e. The first kappa shape index (κ1) is 17.1. The lowest BCUT2D eigenvalue weighted by atomic mass is 9.45. The molecule has 4 aliphatic carbocycles. The summed E-state index contributed by atoms with van der Waals surface area (Å²) in [4.78, 5) is 0. The van der Waals surface area contributed by atoms with Gasteiger partial charge in [0.15, 0.2) is 0 Å². The lowest BCUT2D eigenvalue weighted by molar-refractivity contribution is -0.118. The van der Waals surface area contributed by atoms with Gasteiger partial charge in [-0.2, -0.15) is 0 Å². The number of rotatable bonds is 2. The van der Waals surface area contributed by atoms with Crippen LogP contribution in [0.4, 0.5) is 0 Å². The maximum Gasteiger partial charge on any atom is 0.119 e. The van der Waals surface area contributed by atoms with Crippen molar-refractivity contribution in [3.8, 4) is 5.75 Å². The van der Waals surface area contributed by atoms with E-state index in [4.69, 9.17) is 4.74 Å². The van der Waals surface area contributed by atoms with E-state index in [1.54, 1.807) is 0 Å². The van der Waals surface area contributed by atoms with Crippen LogP contribution in [-0.2, 0) is 0 Å². The Morgan fingerprint density at radius 1 is 0.846 bits per heavy atom. The Balaban J connectivity index is 1.31. The third kappa shape index (κ3) is 2.64. The van der Waals surface area contributed by atoms with Crippen molar-refractivity contribution in [3.05, 3.63) is 30.3 Å². The summed E-state index contributed by atoms with van der Waals surface area (Å²) in [5.41, 5.74) is 1.28. The molecule has 0 spiro atoms. The van der Waals surface area contributed by atoms with Crippen LogP contribution >= 0.6 is 0 Å². The van der Waals surface area contributed by atoms with Gasteiger partial charge in [-0.1, -0.05) is 38.5 Å². The number of para-hydroxylation sites is 1. The maximum absolute atomic E-state index is 6.37. The highest BCUT2D eigenvalue weighted by atomic mass is 16.5. The molecule has 0 aliphatic heterocycles. The number of benzene rings is 1. The fourth-order valence-electron chi connectivity index (χ4n) is 8.01. The van der Waals surface area contributed by atoms with E-state index in [0.717, 1.165) is 29.4 Å². The van der Waals surface area contributed by atoms with Crippen LogP contribution in [0, 0.1) is 34.5 Å². The van der Waals surface area contributed by atoms with Gasteiger partial charge in [0.1, 0.15) is 5.75 Å². The van der Waals surface area contributed by atoms with Gasteiger partial charge in [-0.25, -0.2) is 0 Å². The fraction of sp³-hybridized carbons (Fsp3) is 0.760. The van der Waals surface area contributed by atoms with E-state index in [1.807, 2.05) is 0 Å². The van der Waals surface area contributed by atoms with Crippen molar-refractivity contribution in [1.82, 2.24) is 0 Å². The zero-order valence-corrected chi connectivity index (χ0v) is 16.8. The quantitative estimate of drug-likeness (QED) is 0.564. The Morgan fingerprint density at radius 3 is 2.54 bits per heavy atom. The zero-order chi connectivity index (χ0) is 17.8. The van der Waals surface area contributed by atoms with Crippen molar-refractivity contribution in [2.75, 3.05) is 0 Å². The second-order valence-corrected chi connectivity index (χ2v) is 10.6. The molecule has 1 nitrogen and oxygen atoms in total. The average Bonchev–Trinajstić information content (AvgIpc) is 3.05. The number of hydrogen-bond acceptors (Lipinski definition) is 1. The van der Waals surface area contributed by atoms with Gasteiger partial charge in [0, 0.05) is 0 Å². The van der Waals surface area contributed by atoms with Crippen molar-refractivity contribution in [2.45, 2.75) is 84.2 Å². The molecular weight excluding hydrogens is 316 g/mol. The van der Waals surface area contributed by atoms with Crippen molar-refractivity contribution >= 4 is 0 Å². The van der Waals surface area contributed by atoms with Crippen molar-refractivity contribution in [1.29, 1.82) is 0 Å². The van der Waals surface area contributed by atoms with Crippen LogP contribution in [0.15, 0.2) is 30.3 Å². The van der Waals surface area contributed by atoms with Gasteiger partial charge < -0.3 is 4.74 Å². The third-order valence-corrected chi connectivity index (χ3v) is 9.44. The summed E-state index contributed by atoms with van der Waals surface area (Å²) in [6.07, 6.45) is 14.9. The lowest BCUT2D eigenvalue weighted by Gasteiger charge is -2.60. The molecule has 0 heterocycles. The van der Waals surface area contributed by atoms with Gasteiger partial charge in [0.2, 0.25) is 0 Å². The van der Waals surface area contributed by atoms with Crippen molar-refractivity contribution < 1.29 is 4.74 Å². The minimum atomic E-state index is 0.437. The van der Waals surface area contributed by atoms with Gasteiger partial charge in [-0.3, -0.25) is 0 Å². The lowest BCUT2D eigenvalue weighted by Crippen LogP contribution is -2.53. The SMILES string of the molecule is C[C@@]12CCC[C@H]1[C@H]1CCC3CC(Oc4ccccc4)CC[C@]3(C)[C@H]1CC2. The maximum atomic E-state index is 6.37. The molecule has 0 radical (unpaired) electrons. The monoisotopic (exact) mass is 352 g/mol. The Kier molecular flexibility index (Phi) is 4.14. The molecule has 1 heteroatoms. The van der Waals surface area contributed by atoms with Crippen LogP contribution in [0.3, 0.4) is 0 Å². The molecule has 7 atom stereocenters. The molecule has 0 aromatic heterocycles. The van der Waals surface area contributed by atoms with Crippen LogP contribution in [0.2, 0.25) is 0 Å².